The first-order valence-corrected chi connectivity index (χ1v) is 17.1. The van der Waals surface area contributed by atoms with Gasteiger partial charge in [-0.3, -0.25) is 0 Å². The summed E-state index contributed by atoms with van der Waals surface area (Å²) in [5, 5.41) is 10.1. The molecular weight excluding hydrogens is 771 g/mol. The first-order chi connectivity index (χ1) is 24.6. The summed E-state index contributed by atoms with van der Waals surface area (Å²) in [6.45, 7) is 3.96. The third-order valence-electron chi connectivity index (χ3n) is 9.71. The summed E-state index contributed by atoms with van der Waals surface area (Å²) in [4.78, 5) is 0. The standard InChI is InChI=1S/2C24H17O.2ClH.Zr/c2*1-16-12-13-24(25-16)19-14-18-8-5-11-22(23(18)15-19)21-10-4-7-17-6-2-3-9-20(17)21;;;/h2*2-15H,1H3;2*1H;/q2*-1;;;+4/p-2. The molecule has 0 atom stereocenters. The molecule has 256 valence electrons. The number of hydrogen-bond acceptors (Lipinski definition) is 2. The maximum absolute atomic E-state index is 5.81. The van der Waals surface area contributed by atoms with E-state index in [1.807, 2.05) is 38.1 Å². The fourth-order valence-electron chi connectivity index (χ4n) is 7.32. The van der Waals surface area contributed by atoms with Crippen LogP contribution in [-0.4, -0.2) is 0 Å². The maximum atomic E-state index is 5.81. The zero-order valence-electron chi connectivity index (χ0n) is 29.2. The fraction of sp³-hybridized carbons (Fsp3) is 0.0417. The van der Waals surface area contributed by atoms with Crippen LogP contribution in [0, 0.1) is 13.8 Å². The van der Waals surface area contributed by atoms with Crippen LogP contribution in [0.5, 0.6) is 0 Å². The van der Waals surface area contributed by atoms with Gasteiger partial charge < -0.3 is 33.6 Å². The predicted molar refractivity (Wildman–Crippen MR) is 210 cm³/mol. The molecule has 0 saturated heterocycles. The van der Waals surface area contributed by atoms with E-state index in [0.29, 0.717) is 0 Å². The molecular formula is C48H34Cl2O2Zr. The van der Waals surface area contributed by atoms with Gasteiger partial charge in [0.1, 0.15) is 0 Å². The molecule has 53 heavy (non-hydrogen) atoms. The van der Waals surface area contributed by atoms with Crippen LogP contribution >= 0.6 is 0 Å². The third kappa shape index (κ3) is 7.23. The van der Waals surface area contributed by atoms with Crippen molar-refractivity contribution < 1.29 is 59.9 Å². The normalized spacial score (nSPS) is 10.8. The van der Waals surface area contributed by atoms with Crippen molar-refractivity contribution in [3.63, 3.8) is 0 Å². The van der Waals surface area contributed by atoms with Crippen molar-refractivity contribution in [1.29, 1.82) is 0 Å². The molecule has 0 fully saturated rings. The summed E-state index contributed by atoms with van der Waals surface area (Å²) in [5.41, 5.74) is 7.35. The molecule has 0 aliphatic carbocycles. The zero-order chi connectivity index (χ0) is 33.6. The molecule has 2 aromatic heterocycles. The second-order valence-electron chi connectivity index (χ2n) is 13.0. The molecule has 0 saturated carbocycles. The monoisotopic (exact) mass is 802 g/mol. The topological polar surface area (TPSA) is 26.3 Å². The Bertz CT molecular complexity index is 2610. The maximum Gasteiger partial charge on any atom is 4.00 e. The van der Waals surface area contributed by atoms with Crippen LogP contribution in [0.3, 0.4) is 0 Å². The Labute approximate surface area is 340 Å². The van der Waals surface area contributed by atoms with Gasteiger partial charge in [-0.25, -0.2) is 0 Å². The number of rotatable bonds is 4. The molecule has 0 bridgehead atoms. The molecule has 0 radical (unpaired) electrons. The Morgan fingerprint density at radius 1 is 0.377 bits per heavy atom. The Kier molecular flexibility index (Phi) is 11.4. The van der Waals surface area contributed by atoms with E-state index in [4.69, 9.17) is 8.83 Å². The number of aryl methyl sites for hydroxylation is 2. The molecule has 0 spiro atoms. The summed E-state index contributed by atoms with van der Waals surface area (Å²) in [6, 6.07) is 60.2. The van der Waals surface area contributed by atoms with Gasteiger partial charge in [0.05, 0.1) is 23.0 Å². The van der Waals surface area contributed by atoms with E-state index in [2.05, 4.69) is 146 Å². The second-order valence-corrected chi connectivity index (χ2v) is 13.0. The fourth-order valence-corrected chi connectivity index (χ4v) is 7.32. The number of fused-ring (bicyclic) bond motifs is 4. The van der Waals surface area contributed by atoms with Gasteiger partial charge in [0.25, 0.3) is 0 Å². The Hall–Kier alpha value is -4.92. The van der Waals surface area contributed by atoms with Crippen molar-refractivity contribution in [2.45, 2.75) is 13.8 Å². The number of hydrogen-bond donors (Lipinski definition) is 0. The molecule has 2 nitrogen and oxygen atoms in total. The average Bonchev–Trinajstić information content (AvgIpc) is 3.97. The molecule has 8 aromatic carbocycles. The predicted octanol–water partition coefficient (Wildman–Crippen LogP) is 7.90. The van der Waals surface area contributed by atoms with Gasteiger partial charge in [0, 0.05) is 0 Å². The van der Waals surface area contributed by atoms with Gasteiger partial charge in [-0.05, 0) is 70.8 Å². The summed E-state index contributed by atoms with van der Waals surface area (Å²) in [7, 11) is 0. The minimum Gasteiger partial charge on any atom is -1.00 e. The first-order valence-electron chi connectivity index (χ1n) is 17.1. The van der Waals surface area contributed by atoms with Gasteiger partial charge in [-0.1, -0.05) is 131 Å². The summed E-state index contributed by atoms with van der Waals surface area (Å²) >= 11 is 0. The smallest absolute Gasteiger partial charge is 1.00 e. The molecule has 0 aliphatic heterocycles. The molecule has 5 heteroatoms. The molecule has 0 N–H and O–H groups in total. The molecule has 0 unspecified atom stereocenters. The van der Waals surface area contributed by atoms with E-state index >= 15 is 0 Å². The van der Waals surface area contributed by atoms with Gasteiger partial charge in [0.15, 0.2) is 0 Å². The zero-order valence-corrected chi connectivity index (χ0v) is 33.2. The molecule has 0 aliphatic rings. The quantitative estimate of drug-likeness (QED) is 0.169. The summed E-state index contributed by atoms with van der Waals surface area (Å²) < 4.78 is 11.6. The van der Waals surface area contributed by atoms with Crippen LogP contribution in [-0.2, 0) is 26.2 Å². The van der Waals surface area contributed by atoms with Crippen molar-refractivity contribution in [3.8, 4) is 44.9 Å². The van der Waals surface area contributed by atoms with E-state index in [0.717, 1.165) is 34.2 Å². The largest absolute Gasteiger partial charge is 4.00 e. The van der Waals surface area contributed by atoms with Crippen LogP contribution in [0.2, 0.25) is 0 Å². The van der Waals surface area contributed by atoms with E-state index < -0.39 is 0 Å². The number of furan rings is 2. The minimum absolute atomic E-state index is 0. The molecule has 0 amide bonds. The minimum atomic E-state index is 0. The van der Waals surface area contributed by atoms with Crippen molar-refractivity contribution in [2.75, 3.05) is 0 Å². The van der Waals surface area contributed by atoms with Gasteiger partial charge in [0.2, 0.25) is 0 Å². The van der Waals surface area contributed by atoms with Crippen LogP contribution in [0.25, 0.3) is 88.0 Å². The number of benzene rings is 6. The van der Waals surface area contributed by atoms with Gasteiger partial charge in [-0.2, -0.15) is 0 Å². The van der Waals surface area contributed by atoms with E-state index in [1.54, 1.807) is 0 Å². The van der Waals surface area contributed by atoms with Crippen molar-refractivity contribution >= 4 is 43.1 Å². The van der Waals surface area contributed by atoms with Crippen LogP contribution in [0.4, 0.5) is 0 Å². The Morgan fingerprint density at radius 2 is 0.736 bits per heavy atom. The Balaban J connectivity index is 0.000000172. The van der Waals surface area contributed by atoms with E-state index in [9.17, 15) is 0 Å². The van der Waals surface area contributed by atoms with Crippen LogP contribution < -0.4 is 24.8 Å². The van der Waals surface area contributed by atoms with Crippen molar-refractivity contribution in [1.82, 2.24) is 0 Å². The molecule has 10 aromatic rings. The number of halogens is 2. The van der Waals surface area contributed by atoms with Crippen molar-refractivity contribution in [2.24, 2.45) is 0 Å². The van der Waals surface area contributed by atoms with Crippen LogP contribution in [0.1, 0.15) is 11.5 Å². The molecule has 10 rings (SSSR count). The Morgan fingerprint density at radius 3 is 1.13 bits per heavy atom. The van der Waals surface area contributed by atoms with Gasteiger partial charge >= 0.3 is 26.2 Å². The molecule has 2 heterocycles. The van der Waals surface area contributed by atoms with Crippen molar-refractivity contribution in [3.05, 3.63) is 181 Å². The second kappa shape index (κ2) is 16.0. The third-order valence-corrected chi connectivity index (χ3v) is 9.71. The van der Waals surface area contributed by atoms with Gasteiger partial charge in [-0.15, -0.1) is 57.9 Å². The van der Waals surface area contributed by atoms with Crippen LogP contribution in [0.15, 0.2) is 179 Å². The van der Waals surface area contributed by atoms with E-state index in [1.165, 1.54) is 65.3 Å². The first kappa shape index (κ1) is 37.8. The van der Waals surface area contributed by atoms with E-state index in [-0.39, 0.29) is 51.0 Å². The summed E-state index contributed by atoms with van der Waals surface area (Å²) in [6.07, 6.45) is 0. The summed E-state index contributed by atoms with van der Waals surface area (Å²) in [5.74, 6) is 3.74. The average molecular weight is 805 g/mol. The SMILES string of the molecule is Cc1ccc(-c2cc3c(-c4cccc5ccccc45)cccc3[cH-]2)o1.Cc1ccc(-c2cc3c(-c4cccc5ccccc45)cccc3[cH-]2)o1.[Cl-].[Cl-].[Zr+4].